The SMILES string of the molecule is CN(Cc1ccccc1)Cc1nc(-c2ccc(N3CCCCCC3)nc2)no1. The molecule has 1 aliphatic heterocycles. The highest BCUT2D eigenvalue weighted by Crippen LogP contribution is 2.21. The second-order valence-electron chi connectivity index (χ2n) is 7.48. The first-order chi connectivity index (χ1) is 13.8. The molecule has 0 bridgehead atoms. The predicted octanol–water partition coefficient (Wildman–Crippen LogP) is 4.14. The zero-order valence-corrected chi connectivity index (χ0v) is 16.4. The Kier molecular flexibility index (Phi) is 5.97. The summed E-state index contributed by atoms with van der Waals surface area (Å²) >= 11 is 0. The van der Waals surface area contributed by atoms with Crippen molar-refractivity contribution in [1.82, 2.24) is 20.0 Å². The zero-order chi connectivity index (χ0) is 19.2. The molecular formula is C22H27N5O. The average molecular weight is 377 g/mol. The van der Waals surface area contributed by atoms with E-state index in [2.05, 4.69) is 62.3 Å². The average Bonchev–Trinajstić information content (AvgIpc) is 3.01. The van der Waals surface area contributed by atoms with Crippen molar-refractivity contribution in [2.45, 2.75) is 38.8 Å². The lowest BCUT2D eigenvalue weighted by Crippen LogP contribution is -2.24. The van der Waals surface area contributed by atoms with Crippen molar-refractivity contribution in [3.05, 3.63) is 60.1 Å². The monoisotopic (exact) mass is 377 g/mol. The van der Waals surface area contributed by atoms with Crippen LogP contribution in [0.2, 0.25) is 0 Å². The lowest BCUT2D eigenvalue weighted by molar-refractivity contribution is 0.261. The minimum absolute atomic E-state index is 0.595. The van der Waals surface area contributed by atoms with Crippen LogP contribution in [0.25, 0.3) is 11.4 Å². The van der Waals surface area contributed by atoms with Gasteiger partial charge in [-0.2, -0.15) is 4.98 Å². The topological polar surface area (TPSA) is 58.3 Å². The molecule has 1 aromatic carbocycles. The van der Waals surface area contributed by atoms with E-state index in [1.54, 1.807) is 0 Å². The third-order valence-corrected chi connectivity index (χ3v) is 5.10. The van der Waals surface area contributed by atoms with Crippen LogP contribution in [0.15, 0.2) is 53.2 Å². The second-order valence-corrected chi connectivity index (χ2v) is 7.48. The van der Waals surface area contributed by atoms with Crippen molar-refractivity contribution in [2.24, 2.45) is 0 Å². The van der Waals surface area contributed by atoms with Gasteiger partial charge >= 0.3 is 0 Å². The Labute approximate surface area is 166 Å². The predicted molar refractivity (Wildman–Crippen MR) is 110 cm³/mol. The highest BCUT2D eigenvalue weighted by molar-refractivity contribution is 5.55. The first-order valence-corrected chi connectivity index (χ1v) is 10.0. The molecule has 3 heterocycles. The molecule has 146 valence electrons. The molecule has 0 unspecified atom stereocenters. The molecule has 6 heteroatoms. The van der Waals surface area contributed by atoms with Crippen molar-refractivity contribution >= 4 is 5.82 Å². The Morgan fingerprint density at radius 2 is 1.75 bits per heavy atom. The highest BCUT2D eigenvalue weighted by Gasteiger charge is 2.14. The fourth-order valence-corrected chi connectivity index (χ4v) is 3.62. The number of nitrogens with zero attached hydrogens (tertiary/aromatic N) is 5. The lowest BCUT2D eigenvalue weighted by atomic mass is 10.2. The summed E-state index contributed by atoms with van der Waals surface area (Å²) in [5.74, 6) is 2.25. The Morgan fingerprint density at radius 1 is 0.964 bits per heavy atom. The fraction of sp³-hybridized carbons (Fsp3) is 0.409. The second kappa shape index (κ2) is 8.97. The molecule has 1 aliphatic rings. The van der Waals surface area contributed by atoms with Crippen LogP contribution in [0.4, 0.5) is 5.82 Å². The van der Waals surface area contributed by atoms with E-state index < -0.39 is 0 Å². The maximum Gasteiger partial charge on any atom is 0.241 e. The third kappa shape index (κ3) is 4.75. The number of benzene rings is 1. The van der Waals surface area contributed by atoms with Crippen molar-refractivity contribution in [2.75, 3.05) is 25.0 Å². The van der Waals surface area contributed by atoms with Gasteiger partial charge in [0.1, 0.15) is 5.82 Å². The van der Waals surface area contributed by atoms with E-state index >= 15 is 0 Å². The maximum atomic E-state index is 5.45. The highest BCUT2D eigenvalue weighted by atomic mass is 16.5. The molecule has 0 atom stereocenters. The minimum atomic E-state index is 0.595. The quantitative estimate of drug-likeness (QED) is 0.643. The summed E-state index contributed by atoms with van der Waals surface area (Å²) in [7, 11) is 2.05. The van der Waals surface area contributed by atoms with Gasteiger partial charge in [-0.3, -0.25) is 4.90 Å². The van der Waals surface area contributed by atoms with Crippen molar-refractivity contribution in [3.63, 3.8) is 0 Å². The molecule has 4 rings (SSSR count). The van der Waals surface area contributed by atoms with E-state index in [9.17, 15) is 0 Å². The van der Waals surface area contributed by atoms with Crippen LogP contribution in [0.5, 0.6) is 0 Å². The zero-order valence-electron chi connectivity index (χ0n) is 16.4. The summed E-state index contributed by atoms with van der Waals surface area (Å²) in [5.41, 5.74) is 2.15. The number of anilines is 1. The van der Waals surface area contributed by atoms with E-state index in [0.717, 1.165) is 31.0 Å². The van der Waals surface area contributed by atoms with Gasteiger partial charge in [-0.1, -0.05) is 48.3 Å². The molecule has 3 aromatic rings. The van der Waals surface area contributed by atoms with Gasteiger partial charge in [0.25, 0.3) is 0 Å². The van der Waals surface area contributed by atoms with Gasteiger partial charge in [0.05, 0.1) is 6.54 Å². The summed E-state index contributed by atoms with van der Waals surface area (Å²) in [5, 5.41) is 4.14. The van der Waals surface area contributed by atoms with Crippen LogP contribution >= 0.6 is 0 Å². The molecule has 2 aromatic heterocycles. The lowest BCUT2D eigenvalue weighted by Gasteiger charge is -2.21. The van der Waals surface area contributed by atoms with Gasteiger partial charge in [-0.25, -0.2) is 4.98 Å². The molecule has 28 heavy (non-hydrogen) atoms. The third-order valence-electron chi connectivity index (χ3n) is 5.10. The Morgan fingerprint density at radius 3 is 2.46 bits per heavy atom. The number of pyridine rings is 1. The van der Waals surface area contributed by atoms with Crippen LogP contribution in [0, 0.1) is 0 Å². The molecule has 1 fully saturated rings. The van der Waals surface area contributed by atoms with Gasteiger partial charge in [0.15, 0.2) is 0 Å². The summed E-state index contributed by atoms with van der Waals surface area (Å²) < 4.78 is 5.45. The molecule has 0 aliphatic carbocycles. The van der Waals surface area contributed by atoms with Gasteiger partial charge in [0.2, 0.25) is 11.7 Å². The van der Waals surface area contributed by atoms with Gasteiger partial charge in [-0.05, 0) is 37.6 Å². The summed E-state index contributed by atoms with van der Waals surface area (Å²) in [6.45, 7) is 3.63. The molecule has 0 N–H and O–H groups in total. The first kappa shape index (κ1) is 18.6. The first-order valence-electron chi connectivity index (χ1n) is 10.0. The maximum absolute atomic E-state index is 5.45. The number of hydrogen-bond acceptors (Lipinski definition) is 6. The van der Waals surface area contributed by atoms with Crippen LogP contribution in [0.1, 0.15) is 37.1 Å². The molecule has 0 radical (unpaired) electrons. The van der Waals surface area contributed by atoms with E-state index in [0.29, 0.717) is 18.3 Å². The van der Waals surface area contributed by atoms with Crippen LogP contribution in [-0.4, -0.2) is 40.2 Å². The number of rotatable bonds is 6. The fourth-order valence-electron chi connectivity index (χ4n) is 3.62. The molecule has 1 saturated heterocycles. The Hall–Kier alpha value is -2.73. The largest absolute Gasteiger partial charge is 0.357 e. The van der Waals surface area contributed by atoms with E-state index in [-0.39, 0.29) is 0 Å². The van der Waals surface area contributed by atoms with E-state index in [4.69, 9.17) is 4.52 Å². The Bertz CT molecular complexity index is 854. The molecule has 0 saturated carbocycles. The number of aromatic nitrogens is 3. The van der Waals surface area contributed by atoms with Gasteiger partial charge in [0, 0.05) is 31.4 Å². The van der Waals surface area contributed by atoms with E-state index in [1.807, 2.05) is 18.3 Å². The summed E-state index contributed by atoms with van der Waals surface area (Å²) in [6.07, 6.45) is 6.97. The van der Waals surface area contributed by atoms with Crippen LogP contribution in [-0.2, 0) is 13.1 Å². The van der Waals surface area contributed by atoms with Gasteiger partial charge in [-0.15, -0.1) is 0 Å². The van der Waals surface area contributed by atoms with Crippen molar-refractivity contribution in [3.8, 4) is 11.4 Å². The molecule has 6 nitrogen and oxygen atoms in total. The smallest absolute Gasteiger partial charge is 0.241 e. The van der Waals surface area contributed by atoms with Crippen LogP contribution < -0.4 is 4.90 Å². The molecular weight excluding hydrogens is 350 g/mol. The minimum Gasteiger partial charge on any atom is -0.357 e. The standard InChI is InChI=1S/C22H27N5O/c1-26(16-18-9-5-4-6-10-18)17-21-24-22(25-28-21)19-11-12-20(23-15-19)27-13-7-2-3-8-14-27/h4-6,9-12,15H,2-3,7-8,13-14,16-17H2,1H3. The normalized spacial score (nSPS) is 15.0. The van der Waals surface area contributed by atoms with Crippen LogP contribution in [0.3, 0.4) is 0 Å². The van der Waals surface area contributed by atoms with Crippen molar-refractivity contribution < 1.29 is 4.52 Å². The number of hydrogen-bond donors (Lipinski definition) is 0. The summed E-state index contributed by atoms with van der Waals surface area (Å²) in [6, 6.07) is 14.5. The molecule has 0 spiro atoms. The van der Waals surface area contributed by atoms with E-state index in [1.165, 1.54) is 31.2 Å². The van der Waals surface area contributed by atoms with Gasteiger partial charge < -0.3 is 9.42 Å². The van der Waals surface area contributed by atoms with Crippen molar-refractivity contribution in [1.29, 1.82) is 0 Å². The Balaban J connectivity index is 1.38. The molecule has 0 amide bonds. The summed E-state index contributed by atoms with van der Waals surface area (Å²) in [4.78, 5) is 13.7.